The summed E-state index contributed by atoms with van der Waals surface area (Å²) in [5, 5.41) is 11.8. The van der Waals surface area contributed by atoms with Crippen LogP contribution in [-0.4, -0.2) is 17.4 Å². The van der Waals surface area contributed by atoms with E-state index in [9.17, 15) is 9.67 Å². The number of benzene rings is 2. The zero-order valence-electron chi connectivity index (χ0n) is 14.1. The Balaban J connectivity index is 1.93. The first-order valence-electron chi connectivity index (χ1n) is 8.64. The van der Waals surface area contributed by atoms with Gasteiger partial charge >= 0.3 is 0 Å². The lowest BCUT2D eigenvalue weighted by atomic mass is 9.85. The highest BCUT2D eigenvalue weighted by atomic mass is 31.2. The summed E-state index contributed by atoms with van der Waals surface area (Å²) in [7, 11) is -2.69. The molecule has 0 spiro atoms. The molecule has 1 aliphatic rings. The topological polar surface area (TPSA) is 37.3 Å². The number of allylic oxidation sites excluding steroid dienone is 1. The van der Waals surface area contributed by atoms with Crippen molar-refractivity contribution in [2.45, 2.75) is 32.3 Å². The highest BCUT2D eigenvalue weighted by Crippen LogP contribution is 2.44. The fraction of sp³-hybridized carbons (Fsp3) is 0.333. The monoisotopic (exact) mass is 340 g/mol. The van der Waals surface area contributed by atoms with E-state index in [-0.39, 0.29) is 6.10 Å². The molecule has 2 atom stereocenters. The van der Waals surface area contributed by atoms with Gasteiger partial charge in [-0.3, -0.25) is 0 Å². The Hall–Kier alpha value is -1.63. The molecule has 24 heavy (non-hydrogen) atoms. The molecule has 3 heteroatoms. The second kappa shape index (κ2) is 7.51. The van der Waals surface area contributed by atoms with Crippen LogP contribution in [-0.2, 0) is 4.57 Å². The van der Waals surface area contributed by atoms with Gasteiger partial charge in [-0.1, -0.05) is 79.2 Å². The van der Waals surface area contributed by atoms with Crippen molar-refractivity contribution < 1.29 is 9.67 Å². The Morgan fingerprint density at radius 2 is 1.54 bits per heavy atom. The number of aliphatic hydroxyl groups is 1. The Labute approximate surface area is 144 Å². The van der Waals surface area contributed by atoms with Gasteiger partial charge < -0.3 is 9.67 Å². The van der Waals surface area contributed by atoms with E-state index < -0.39 is 7.14 Å². The van der Waals surface area contributed by atoms with Crippen molar-refractivity contribution >= 4 is 17.8 Å². The summed E-state index contributed by atoms with van der Waals surface area (Å²) in [5.41, 5.74) is 1.24. The van der Waals surface area contributed by atoms with Crippen LogP contribution in [0.25, 0.3) is 0 Å². The first kappa shape index (κ1) is 17.2. The van der Waals surface area contributed by atoms with E-state index >= 15 is 0 Å². The van der Waals surface area contributed by atoms with Crippen molar-refractivity contribution in [1.29, 1.82) is 0 Å². The van der Waals surface area contributed by atoms with E-state index in [4.69, 9.17) is 0 Å². The Kier molecular flexibility index (Phi) is 5.38. The van der Waals surface area contributed by atoms with Gasteiger partial charge in [-0.05, 0) is 25.2 Å². The highest BCUT2D eigenvalue weighted by Gasteiger charge is 2.27. The minimum absolute atomic E-state index is 0.257. The maximum Gasteiger partial charge on any atom is 0.146 e. The molecule has 0 amide bonds. The Bertz CT molecular complexity index is 681. The zero-order chi connectivity index (χ0) is 17.0. The van der Waals surface area contributed by atoms with Gasteiger partial charge in [0.2, 0.25) is 0 Å². The van der Waals surface area contributed by atoms with E-state index in [1.165, 1.54) is 5.57 Å². The maximum absolute atomic E-state index is 13.9. The van der Waals surface area contributed by atoms with Crippen LogP contribution in [0.4, 0.5) is 0 Å². The lowest BCUT2D eigenvalue weighted by molar-refractivity contribution is 0.128. The van der Waals surface area contributed by atoms with E-state index in [0.717, 1.165) is 23.5 Å². The van der Waals surface area contributed by atoms with E-state index in [0.29, 0.717) is 18.5 Å². The molecular formula is C21H25O2P. The number of hydrogen-bond acceptors (Lipinski definition) is 2. The minimum Gasteiger partial charge on any atom is -0.393 e. The van der Waals surface area contributed by atoms with Crippen molar-refractivity contribution in [2.75, 3.05) is 6.16 Å². The molecular weight excluding hydrogens is 315 g/mol. The van der Waals surface area contributed by atoms with Crippen molar-refractivity contribution in [2.24, 2.45) is 5.92 Å². The summed E-state index contributed by atoms with van der Waals surface area (Å²) in [6.45, 7) is 2.17. The summed E-state index contributed by atoms with van der Waals surface area (Å²) in [6, 6.07) is 19.6. The van der Waals surface area contributed by atoms with Crippen molar-refractivity contribution in [3.8, 4) is 0 Å². The zero-order valence-corrected chi connectivity index (χ0v) is 15.0. The van der Waals surface area contributed by atoms with Crippen LogP contribution in [0.15, 0.2) is 72.3 Å². The molecule has 0 unspecified atom stereocenters. The van der Waals surface area contributed by atoms with Gasteiger partial charge in [-0.25, -0.2) is 0 Å². The molecule has 1 saturated carbocycles. The SMILES string of the molecule is C[C@@H]1C/C(=C/CP(=O)(c2ccccc2)c2ccccc2)C[C@@H](O)C1. The molecule has 0 aromatic heterocycles. The highest BCUT2D eigenvalue weighted by molar-refractivity contribution is 7.78. The second-order valence-corrected chi connectivity index (χ2v) is 9.74. The van der Waals surface area contributed by atoms with Crippen LogP contribution in [0, 0.1) is 5.92 Å². The number of rotatable bonds is 4. The molecule has 0 saturated heterocycles. The van der Waals surface area contributed by atoms with E-state index in [1.54, 1.807) is 0 Å². The smallest absolute Gasteiger partial charge is 0.146 e. The van der Waals surface area contributed by atoms with E-state index in [1.807, 2.05) is 60.7 Å². The molecule has 2 aromatic carbocycles. The van der Waals surface area contributed by atoms with Crippen molar-refractivity contribution in [1.82, 2.24) is 0 Å². The molecule has 0 aliphatic heterocycles. The molecule has 0 bridgehead atoms. The van der Waals surface area contributed by atoms with Crippen LogP contribution in [0.1, 0.15) is 26.2 Å². The summed E-state index contributed by atoms with van der Waals surface area (Å²) < 4.78 is 13.9. The van der Waals surface area contributed by atoms with Crippen LogP contribution >= 0.6 is 7.14 Å². The summed E-state index contributed by atoms with van der Waals surface area (Å²) in [5.74, 6) is 0.493. The predicted molar refractivity (Wildman–Crippen MR) is 102 cm³/mol. The largest absolute Gasteiger partial charge is 0.393 e. The number of hydrogen-bond donors (Lipinski definition) is 1. The molecule has 1 aliphatic carbocycles. The van der Waals surface area contributed by atoms with Crippen LogP contribution in [0.5, 0.6) is 0 Å². The van der Waals surface area contributed by atoms with Gasteiger partial charge in [0, 0.05) is 16.8 Å². The fourth-order valence-corrected chi connectivity index (χ4v) is 6.13. The summed E-state index contributed by atoms with van der Waals surface area (Å²) in [6.07, 6.45) is 4.98. The molecule has 126 valence electrons. The van der Waals surface area contributed by atoms with Crippen LogP contribution < -0.4 is 10.6 Å². The van der Waals surface area contributed by atoms with Crippen molar-refractivity contribution in [3.05, 3.63) is 72.3 Å². The summed E-state index contributed by atoms with van der Waals surface area (Å²) >= 11 is 0. The third kappa shape index (κ3) is 3.88. The van der Waals surface area contributed by atoms with Gasteiger partial charge in [0.1, 0.15) is 7.14 Å². The Morgan fingerprint density at radius 3 is 2.04 bits per heavy atom. The molecule has 1 N–H and O–H groups in total. The summed E-state index contributed by atoms with van der Waals surface area (Å²) in [4.78, 5) is 0. The number of aliphatic hydroxyl groups excluding tert-OH is 1. The quantitative estimate of drug-likeness (QED) is 0.672. The average Bonchev–Trinajstić information content (AvgIpc) is 2.60. The minimum atomic E-state index is -2.69. The van der Waals surface area contributed by atoms with Crippen molar-refractivity contribution in [3.63, 3.8) is 0 Å². The first-order chi connectivity index (χ1) is 11.6. The average molecular weight is 340 g/mol. The fourth-order valence-electron chi connectivity index (χ4n) is 3.59. The molecule has 2 aromatic rings. The lowest BCUT2D eigenvalue weighted by Crippen LogP contribution is -2.21. The maximum atomic E-state index is 13.9. The van der Waals surface area contributed by atoms with Gasteiger partial charge in [0.15, 0.2) is 0 Å². The van der Waals surface area contributed by atoms with E-state index in [2.05, 4.69) is 13.0 Å². The Morgan fingerprint density at radius 1 is 1.00 bits per heavy atom. The third-order valence-electron chi connectivity index (χ3n) is 4.77. The van der Waals surface area contributed by atoms with Gasteiger partial charge in [0.05, 0.1) is 6.10 Å². The first-order valence-corrected chi connectivity index (χ1v) is 10.5. The van der Waals surface area contributed by atoms with Gasteiger partial charge in [-0.15, -0.1) is 0 Å². The predicted octanol–water partition coefficient (Wildman–Crippen LogP) is 4.11. The van der Waals surface area contributed by atoms with Crippen LogP contribution in [0.3, 0.4) is 0 Å². The molecule has 1 fully saturated rings. The standard InChI is InChI=1S/C21H25O2P/c1-17-14-18(16-19(22)15-17)12-13-24(23,20-8-4-2-5-9-20)21-10-6-3-7-11-21/h2-12,17,19,22H,13-16H2,1H3/b18-12-/t17-,19+/m1/s1. The third-order valence-corrected chi connectivity index (χ3v) is 7.73. The molecule has 0 radical (unpaired) electrons. The van der Waals surface area contributed by atoms with Gasteiger partial charge in [-0.2, -0.15) is 0 Å². The lowest BCUT2D eigenvalue weighted by Gasteiger charge is -2.26. The molecule has 0 heterocycles. The molecule has 3 rings (SSSR count). The molecule has 2 nitrogen and oxygen atoms in total. The van der Waals surface area contributed by atoms with Gasteiger partial charge in [0.25, 0.3) is 0 Å². The second-order valence-electron chi connectivity index (χ2n) is 6.86. The normalized spacial score (nSPS) is 23.3. The van der Waals surface area contributed by atoms with Crippen LogP contribution in [0.2, 0.25) is 0 Å².